The molecule has 2 fully saturated rings. The zero-order valence-electron chi connectivity index (χ0n) is 7.88. The van der Waals surface area contributed by atoms with Crippen LogP contribution in [0.3, 0.4) is 0 Å². The van der Waals surface area contributed by atoms with Crippen molar-refractivity contribution >= 4 is 5.97 Å². The van der Waals surface area contributed by atoms with Crippen molar-refractivity contribution in [2.24, 2.45) is 5.41 Å². The molecule has 3 heteroatoms. The van der Waals surface area contributed by atoms with Crippen LogP contribution in [0, 0.1) is 5.41 Å². The Bertz CT molecular complexity index is 203. The molecular weight excluding hydrogens is 166 g/mol. The molecule has 0 bridgehead atoms. The van der Waals surface area contributed by atoms with Crippen LogP contribution in [0.5, 0.6) is 0 Å². The van der Waals surface area contributed by atoms with Gasteiger partial charge >= 0.3 is 5.97 Å². The van der Waals surface area contributed by atoms with Crippen molar-refractivity contribution in [2.75, 3.05) is 6.54 Å². The number of carboxylic acid groups (broad SMARTS) is 1. The molecule has 0 amide bonds. The maximum atomic E-state index is 11.1. The fourth-order valence-electron chi connectivity index (χ4n) is 2.35. The summed E-state index contributed by atoms with van der Waals surface area (Å²) in [4.78, 5) is 11.1. The number of aliphatic carboxylic acids is 1. The van der Waals surface area contributed by atoms with Crippen LogP contribution in [0.15, 0.2) is 0 Å². The Morgan fingerprint density at radius 2 is 2.08 bits per heavy atom. The zero-order chi connectivity index (χ0) is 9.31. The quantitative estimate of drug-likeness (QED) is 0.680. The summed E-state index contributed by atoms with van der Waals surface area (Å²) in [6.45, 7) is 1.000. The Labute approximate surface area is 78.5 Å². The molecule has 0 aromatic heterocycles. The highest BCUT2D eigenvalue weighted by atomic mass is 16.4. The summed E-state index contributed by atoms with van der Waals surface area (Å²) < 4.78 is 0. The lowest BCUT2D eigenvalue weighted by atomic mass is 9.93. The normalized spacial score (nSPS) is 32.2. The van der Waals surface area contributed by atoms with E-state index in [-0.39, 0.29) is 11.5 Å². The van der Waals surface area contributed by atoms with E-state index in [4.69, 9.17) is 5.11 Å². The van der Waals surface area contributed by atoms with Gasteiger partial charge in [-0.25, -0.2) is 0 Å². The molecule has 74 valence electrons. The largest absolute Gasteiger partial charge is 0.481 e. The van der Waals surface area contributed by atoms with Crippen LogP contribution in [0.2, 0.25) is 0 Å². The molecule has 0 aromatic carbocycles. The molecule has 0 radical (unpaired) electrons. The van der Waals surface area contributed by atoms with Crippen molar-refractivity contribution in [3.05, 3.63) is 0 Å². The highest BCUT2D eigenvalue weighted by Crippen LogP contribution is 2.50. The molecule has 1 unspecified atom stereocenters. The van der Waals surface area contributed by atoms with Gasteiger partial charge in [-0.1, -0.05) is 12.8 Å². The molecule has 2 N–H and O–H groups in total. The second-order valence-corrected chi connectivity index (χ2v) is 4.32. The van der Waals surface area contributed by atoms with Crippen molar-refractivity contribution in [1.82, 2.24) is 5.32 Å². The molecule has 1 aliphatic heterocycles. The van der Waals surface area contributed by atoms with Gasteiger partial charge in [0.15, 0.2) is 0 Å². The molecule has 0 aromatic rings. The molecular formula is C10H17NO2. The van der Waals surface area contributed by atoms with Crippen LogP contribution in [0.4, 0.5) is 0 Å². The van der Waals surface area contributed by atoms with Crippen molar-refractivity contribution in [2.45, 2.75) is 44.6 Å². The van der Waals surface area contributed by atoms with E-state index >= 15 is 0 Å². The average molecular weight is 183 g/mol. The van der Waals surface area contributed by atoms with E-state index in [2.05, 4.69) is 5.32 Å². The molecule has 1 aliphatic carbocycles. The minimum Gasteiger partial charge on any atom is -0.481 e. The third-order valence-electron chi connectivity index (χ3n) is 3.44. The first kappa shape index (κ1) is 9.00. The maximum absolute atomic E-state index is 11.1. The Morgan fingerprint density at radius 3 is 2.69 bits per heavy atom. The first-order valence-corrected chi connectivity index (χ1v) is 5.22. The fourth-order valence-corrected chi connectivity index (χ4v) is 2.35. The van der Waals surface area contributed by atoms with Crippen LogP contribution in [-0.4, -0.2) is 23.7 Å². The average Bonchev–Trinajstić information content (AvgIpc) is 2.90. The Balaban J connectivity index is 2.02. The number of rotatable bonds is 2. The molecule has 13 heavy (non-hydrogen) atoms. The smallest absolute Gasteiger partial charge is 0.311 e. The predicted octanol–water partition coefficient (Wildman–Crippen LogP) is 1.38. The highest BCUT2D eigenvalue weighted by Gasteiger charge is 2.55. The summed E-state index contributed by atoms with van der Waals surface area (Å²) in [6.07, 6.45) is 6.43. The number of carboxylic acids is 1. The van der Waals surface area contributed by atoms with Gasteiger partial charge in [0, 0.05) is 6.04 Å². The van der Waals surface area contributed by atoms with Gasteiger partial charge in [-0.05, 0) is 32.2 Å². The number of nitrogens with one attached hydrogen (secondary N) is 1. The van der Waals surface area contributed by atoms with E-state index in [0.717, 1.165) is 25.8 Å². The van der Waals surface area contributed by atoms with Gasteiger partial charge < -0.3 is 10.4 Å². The predicted molar refractivity (Wildman–Crippen MR) is 49.6 cm³/mol. The number of hydrogen-bond donors (Lipinski definition) is 2. The summed E-state index contributed by atoms with van der Waals surface area (Å²) >= 11 is 0. The summed E-state index contributed by atoms with van der Waals surface area (Å²) in [5.41, 5.74) is -0.385. The fraction of sp³-hybridized carbons (Fsp3) is 0.900. The monoisotopic (exact) mass is 183 g/mol. The van der Waals surface area contributed by atoms with Gasteiger partial charge in [-0.3, -0.25) is 4.79 Å². The summed E-state index contributed by atoms with van der Waals surface area (Å²) in [5, 5.41) is 12.5. The summed E-state index contributed by atoms with van der Waals surface area (Å²) in [6, 6.07) is 0.243. The molecule has 0 spiro atoms. The third kappa shape index (κ3) is 1.57. The minimum atomic E-state index is -0.591. The van der Waals surface area contributed by atoms with E-state index in [9.17, 15) is 4.79 Å². The van der Waals surface area contributed by atoms with Gasteiger partial charge in [0.05, 0.1) is 5.41 Å². The SMILES string of the molecule is O=C(O)C1(C2CCCCCN2)CC1. The molecule has 1 atom stereocenters. The van der Waals surface area contributed by atoms with Crippen molar-refractivity contribution in [1.29, 1.82) is 0 Å². The molecule has 2 aliphatic rings. The van der Waals surface area contributed by atoms with E-state index in [1.807, 2.05) is 0 Å². The van der Waals surface area contributed by atoms with Crippen LogP contribution in [0.25, 0.3) is 0 Å². The van der Waals surface area contributed by atoms with Crippen molar-refractivity contribution in [3.8, 4) is 0 Å². The molecule has 1 saturated carbocycles. The van der Waals surface area contributed by atoms with Gasteiger partial charge in [-0.15, -0.1) is 0 Å². The lowest BCUT2D eigenvalue weighted by molar-refractivity contribution is -0.144. The topological polar surface area (TPSA) is 49.3 Å². The summed E-state index contributed by atoms with van der Waals surface area (Å²) in [5.74, 6) is -0.591. The van der Waals surface area contributed by atoms with Crippen LogP contribution >= 0.6 is 0 Å². The standard InChI is InChI=1S/C10H17NO2/c12-9(13)10(5-6-10)8-4-2-1-3-7-11-8/h8,11H,1-7H2,(H,12,13). The maximum Gasteiger partial charge on any atom is 0.311 e. The van der Waals surface area contributed by atoms with Crippen LogP contribution in [-0.2, 0) is 4.79 Å². The van der Waals surface area contributed by atoms with Gasteiger partial charge in [0.1, 0.15) is 0 Å². The zero-order valence-corrected chi connectivity index (χ0v) is 7.88. The van der Waals surface area contributed by atoms with Crippen molar-refractivity contribution < 1.29 is 9.90 Å². The molecule has 3 nitrogen and oxygen atoms in total. The van der Waals surface area contributed by atoms with E-state index in [1.54, 1.807) is 0 Å². The van der Waals surface area contributed by atoms with E-state index in [1.165, 1.54) is 19.3 Å². The van der Waals surface area contributed by atoms with E-state index < -0.39 is 5.97 Å². The first-order chi connectivity index (χ1) is 6.26. The third-order valence-corrected chi connectivity index (χ3v) is 3.44. The molecule has 2 rings (SSSR count). The second-order valence-electron chi connectivity index (χ2n) is 4.32. The molecule has 1 saturated heterocycles. The summed E-state index contributed by atoms with van der Waals surface area (Å²) in [7, 11) is 0. The Hall–Kier alpha value is -0.570. The van der Waals surface area contributed by atoms with Crippen LogP contribution < -0.4 is 5.32 Å². The number of hydrogen-bond acceptors (Lipinski definition) is 2. The Kier molecular flexibility index (Phi) is 2.28. The lowest BCUT2D eigenvalue weighted by Crippen LogP contribution is -2.41. The van der Waals surface area contributed by atoms with E-state index in [0.29, 0.717) is 0 Å². The second kappa shape index (κ2) is 3.29. The van der Waals surface area contributed by atoms with Crippen molar-refractivity contribution in [3.63, 3.8) is 0 Å². The first-order valence-electron chi connectivity index (χ1n) is 5.22. The lowest BCUT2D eigenvalue weighted by Gasteiger charge is -2.22. The Morgan fingerprint density at radius 1 is 1.31 bits per heavy atom. The highest BCUT2D eigenvalue weighted by molar-refractivity contribution is 5.78. The minimum absolute atomic E-state index is 0.243. The number of carbonyl (C=O) groups is 1. The van der Waals surface area contributed by atoms with Gasteiger partial charge in [0.25, 0.3) is 0 Å². The van der Waals surface area contributed by atoms with Gasteiger partial charge in [-0.2, -0.15) is 0 Å². The molecule has 1 heterocycles. The van der Waals surface area contributed by atoms with Crippen LogP contribution in [0.1, 0.15) is 38.5 Å². The van der Waals surface area contributed by atoms with Gasteiger partial charge in [0.2, 0.25) is 0 Å².